The third-order valence-electron chi connectivity index (χ3n) is 3.92. The molecule has 24 heavy (non-hydrogen) atoms. The lowest BCUT2D eigenvalue weighted by Crippen LogP contribution is -2.22. The summed E-state index contributed by atoms with van der Waals surface area (Å²) in [6, 6.07) is 21.9. The van der Waals surface area contributed by atoms with Crippen molar-refractivity contribution in [2.24, 2.45) is 0 Å². The van der Waals surface area contributed by atoms with Crippen LogP contribution in [0.4, 0.5) is 0 Å². The van der Waals surface area contributed by atoms with E-state index in [4.69, 9.17) is 12.2 Å². The molecule has 0 aliphatic heterocycles. The van der Waals surface area contributed by atoms with Crippen molar-refractivity contribution in [2.45, 2.75) is 6.54 Å². The molecule has 0 atom stereocenters. The smallest absolute Gasteiger partial charge is 0.263 e. The maximum Gasteiger partial charge on any atom is 0.263 e. The first-order valence-corrected chi connectivity index (χ1v) is 8.81. The molecule has 0 amide bonds. The molecular formula is C19H14N2OS2. The highest BCUT2D eigenvalue weighted by atomic mass is 32.1. The Kier molecular flexibility index (Phi) is 3.88. The van der Waals surface area contributed by atoms with E-state index < -0.39 is 0 Å². The van der Waals surface area contributed by atoms with Crippen LogP contribution in [-0.2, 0) is 6.54 Å². The highest BCUT2D eigenvalue weighted by Crippen LogP contribution is 2.30. The Labute approximate surface area is 147 Å². The molecule has 0 aliphatic carbocycles. The molecule has 0 bridgehead atoms. The van der Waals surface area contributed by atoms with E-state index in [2.05, 4.69) is 4.98 Å². The van der Waals surface area contributed by atoms with Crippen LogP contribution in [0.2, 0.25) is 0 Å². The molecule has 4 aromatic rings. The van der Waals surface area contributed by atoms with Crippen LogP contribution in [0.3, 0.4) is 0 Å². The monoisotopic (exact) mass is 350 g/mol. The largest absolute Gasteiger partial charge is 0.323 e. The summed E-state index contributed by atoms with van der Waals surface area (Å²) >= 11 is 6.96. The Morgan fingerprint density at radius 2 is 1.67 bits per heavy atom. The van der Waals surface area contributed by atoms with Crippen molar-refractivity contribution in [1.82, 2.24) is 9.55 Å². The van der Waals surface area contributed by atoms with Crippen molar-refractivity contribution in [1.29, 1.82) is 0 Å². The molecule has 4 rings (SSSR count). The Morgan fingerprint density at radius 3 is 2.38 bits per heavy atom. The summed E-state index contributed by atoms with van der Waals surface area (Å²) in [4.78, 5) is 18.0. The normalized spacial score (nSPS) is 11.0. The van der Waals surface area contributed by atoms with Gasteiger partial charge in [0.1, 0.15) is 4.83 Å². The first-order chi connectivity index (χ1) is 11.7. The number of fused-ring (bicyclic) bond motifs is 1. The zero-order valence-corrected chi connectivity index (χ0v) is 14.4. The number of nitrogens with one attached hydrogen (secondary N) is 1. The molecule has 2 aromatic heterocycles. The topological polar surface area (TPSA) is 37.8 Å². The molecule has 0 aliphatic rings. The molecular weight excluding hydrogens is 336 g/mol. The second-order valence-corrected chi connectivity index (χ2v) is 6.97. The van der Waals surface area contributed by atoms with Gasteiger partial charge in [-0.1, -0.05) is 60.7 Å². The first kappa shape index (κ1) is 15.1. The van der Waals surface area contributed by atoms with Gasteiger partial charge in [0.2, 0.25) is 0 Å². The van der Waals surface area contributed by atoms with Crippen molar-refractivity contribution in [3.63, 3.8) is 0 Å². The SMILES string of the molecule is O=c1c2cc(-c3ccccc3)sc2[nH]c(=S)n1Cc1ccccc1. The Morgan fingerprint density at radius 1 is 1.00 bits per heavy atom. The number of hydrogen-bond acceptors (Lipinski definition) is 3. The molecule has 3 nitrogen and oxygen atoms in total. The minimum atomic E-state index is -0.0453. The summed E-state index contributed by atoms with van der Waals surface area (Å²) in [6.45, 7) is 0.474. The van der Waals surface area contributed by atoms with Gasteiger partial charge in [-0.25, -0.2) is 0 Å². The average molecular weight is 350 g/mol. The number of rotatable bonds is 3. The minimum absolute atomic E-state index is 0.0453. The van der Waals surface area contributed by atoms with Crippen molar-refractivity contribution >= 4 is 33.8 Å². The van der Waals surface area contributed by atoms with Gasteiger partial charge in [0.15, 0.2) is 4.77 Å². The number of H-pyrrole nitrogens is 1. The molecule has 0 saturated carbocycles. The number of hydrogen-bond donors (Lipinski definition) is 1. The summed E-state index contributed by atoms with van der Waals surface area (Å²) < 4.78 is 2.08. The number of nitrogens with zero attached hydrogens (tertiary/aromatic N) is 1. The molecule has 0 saturated heterocycles. The van der Waals surface area contributed by atoms with Gasteiger partial charge in [0, 0.05) is 4.88 Å². The standard InChI is InChI=1S/C19H14N2OS2/c22-18-15-11-16(14-9-5-2-6-10-14)24-17(15)20-19(23)21(18)12-13-7-3-1-4-8-13/h1-11H,12H2,(H,20,23). The Balaban J connectivity index is 1.85. The predicted octanol–water partition coefficient (Wildman–Crippen LogP) is 4.84. The molecule has 2 aromatic carbocycles. The van der Waals surface area contributed by atoms with Gasteiger partial charge in [0.05, 0.1) is 11.9 Å². The lowest BCUT2D eigenvalue weighted by molar-refractivity contribution is 0.735. The highest BCUT2D eigenvalue weighted by molar-refractivity contribution is 7.71. The van der Waals surface area contributed by atoms with Gasteiger partial charge in [-0.2, -0.15) is 0 Å². The van der Waals surface area contributed by atoms with Gasteiger partial charge >= 0.3 is 0 Å². The van der Waals surface area contributed by atoms with E-state index >= 15 is 0 Å². The molecule has 0 fully saturated rings. The van der Waals surface area contributed by atoms with Crippen molar-refractivity contribution in [2.75, 3.05) is 0 Å². The number of thiophene rings is 1. The van der Waals surface area contributed by atoms with Crippen LogP contribution < -0.4 is 5.56 Å². The van der Waals surface area contributed by atoms with E-state index in [1.54, 1.807) is 15.9 Å². The van der Waals surface area contributed by atoms with Crippen LogP contribution in [-0.4, -0.2) is 9.55 Å². The number of aromatic amines is 1. The Hall–Kier alpha value is -2.50. The molecule has 2 heterocycles. The summed E-state index contributed by atoms with van der Waals surface area (Å²) in [7, 11) is 0. The zero-order valence-electron chi connectivity index (χ0n) is 12.7. The number of aromatic nitrogens is 2. The predicted molar refractivity (Wildman–Crippen MR) is 102 cm³/mol. The maximum absolute atomic E-state index is 12.9. The third-order valence-corrected chi connectivity index (χ3v) is 5.34. The summed E-state index contributed by atoms with van der Waals surface area (Å²) in [5, 5.41) is 0.684. The van der Waals surface area contributed by atoms with E-state index in [9.17, 15) is 4.79 Å². The molecule has 118 valence electrons. The second-order valence-electron chi connectivity index (χ2n) is 5.53. The summed E-state index contributed by atoms with van der Waals surface area (Å²) in [5.74, 6) is 0. The quantitative estimate of drug-likeness (QED) is 0.537. The van der Waals surface area contributed by atoms with Crippen LogP contribution >= 0.6 is 23.6 Å². The molecule has 1 N–H and O–H groups in total. The van der Waals surface area contributed by atoms with Crippen molar-refractivity contribution in [3.05, 3.63) is 87.4 Å². The molecule has 0 radical (unpaired) electrons. The fourth-order valence-electron chi connectivity index (χ4n) is 2.70. The molecule has 0 spiro atoms. The van der Waals surface area contributed by atoms with Crippen LogP contribution in [0.25, 0.3) is 20.7 Å². The minimum Gasteiger partial charge on any atom is -0.323 e. The molecule has 5 heteroatoms. The van der Waals surface area contributed by atoms with Gasteiger partial charge in [-0.05, 0) is 29.4 Å². The third kappa shape index (κ3) is 2.72. The molecule has 0 unspecified atom stereocenters. The highest BCUT2D eigenvalue weighted by Gasteiger charge is 2.11. The van der Waals surface area contributed by atoms with Crippen molar-refractivity contribution < 1.29 is 0 Å². The average Bonchev–Trinajstić information content (AvgIpc) is 3.04. The second kappa shape index (κ2) is 6.19. The number of benzene rings is 2. The fraction of sp³-hybridized carbons (Fsp3) is 0.0526. The van der Waals surface area contributed by atoms with E-state index in [0.717, 1.165) is 20.8 Å². The van der Waals surface area contributed by atoms with E-state index in [1.165, 1.54) is 0 Å². The van der Waals surface area contributed by atoms with Gasteiger partial charge in [0.25, 0.3) is 5.56 Å². The van der Waals surface area contributed by atoms with Crippen LogP contribution in [0.5, 0.6) is 0 Å². The summed E-state index contributed by atoms with van der Waals surface area (Å²) in [5.41, 5.74) is 2.11. The summed E-state index contributed by atoms with van der Waals surface area (Å²) in [6.07, 6.45) is 0. The van der Waals surface area contributed by atoms with E-state index in [0.29, 0.717) is 16.7 Å². The van der Waals surface area contributed by atoms with Crippen LogP contribution in [0, 0.1) is 4.77 Å². The van der Waals surface area contributed by atoms with Crippen LogP contribution in [0.1, 0.15) is 5.56 Å². The zero-order chi connectivity index (χ0) is 16.5. The lowest BCUT2D eigenvalue weighted by atomic mass is 10.2. The fourth-order valence-corrected chi connectivity index (χ4v) is 4.07. The van der Waals surface area contributed by atoms with E-state index in [1.807, 2.05) is 66.7 Å². The lowest BCUT2D eigenvalue weighted by Gasteiger charge is -2.06. The van der Waals surface area contributed by atoms with Crippen molar-refractivity contribution in [3.8, 4) is 10.4 Å². The van der Waals surface area contributed by atoms with E-state index in [-0.39, 0.29) is 5.56 Å². The maximum atomic E-state index is 12.9. The Bertz CT molecular complexity index is 1110. The van der Waals surface area contributed by atoms with Gasteiger partial charge in [-0.3, -0.25) is 9.36 Å². The van der Waals surface area contributed by atoms with Gasteiger partial charge in [-0.15, -0.1) is 11.3 Å². The van der Waals surface area contributed by atoms with Gasteiger partial charge < -0.3 is 4.98 Å². The first-order valence-electron chi connectivity index (χ1n) is 7.58. The van der Waals surface area contributed by atoms with Crippen LogP contribution in [0.15, 0.2) is 71.5 Å².